The predicted molar refractivity (Wildman–Crippen MR) is 131 cm³/mol. The number of aromatic amines is 1. The van der Waals surface area contributed by atoms with Gasteiger partial charge in [-0.3, -0.25) is 9.59 Å². The zero-order chi connectivity index (χ0) is 23.4. The fourth-order valence-electron chi connectivity index (χ4n) is 4.54. The normalized spacial score (nSPS) is 14.7. The van der Waals surface area contributed by atoms with Crippen LogP contribution in [0.4, 0.5) is 0 Å². The Bertz CT molecular complexity index is 1150. The van der Waals surface area contributed by atoms with E-state index in [4.69, 9.17) is 28.1 Å². The maximum atomic E-state index is 13.3. The van der Waals surface area contributed by atoms with Crippen molar-refractivity contribution < 1.29 is 9.59 Å². The smallest absolute Gasteiger partial charge is 0.254 e. The molecule has 8 heteroatoms. The van der Waals surface area contributed by atoms with Gasteiger partial charge in [0.15, 0.2) is 0 Å². The van der Waals surface area contributed by atoms with E-state index in [0.29, 0.717) is 29.1 Å². The number of benzene rings is 2. The molecule has 5 N–H and O–H groups in total. The first-order chi connectivity index (χ1) is 16.0. The van der Waals surface area contributed by atoms with Gasteiger partial charge in [-0.25, -0.2) is 4.98 Å². The maximum Gasteiger partial charge on any atom is 0.254 e. The minimum Gasteiger partial charge on any atom is -0.366 e. The molecule has 0 spiro atoms. The van der Waals surface area contributed by atoms with E-state index in [1.54, 1.807) is 18.2 Å². The lowest BCUT2D eigenvalue weighted by Crippen LogP contribution is -2.29. The number of carbonyl (C=O) groups is 2. The summed E-state index contributed by atoms with van der Waals surface area (Å²) in [5.41, 5.74) is 14.9. The van der Waals surface area contributed by atoms with Crippen LogP contribution in [0, 0.1) is 0 Å². The van der Waals surface area contributed by atoms with E-state index in [9.17, 15) is 9.59 Å². The Morgan fingerprint density at radius 1 is 1.12 bits per heavy atom. The number of hydrogen-bond donors (Lipinski definition) is 3. The number of H-pyrrole nitrogens is 1. The molecule has 7 nitrogen and oxygen atoms in total. The van der Waals surface area contributed by atoms with E-state index in [-0.39, 0.29) is 11.8 Å². The number of nitrogens with zero attached hydrogens (tertiary/aromatic N) is 2. The third kappa shape index (κ3) is 5.37. The van der Waals surface area contributed by atoms with Gasteiger partial charge >= 0.3 is 0 Å². The number of nitrogens with one attached hydrogen (secondary N) is 1. The lowest BCUT2D eigenvalue weighted by Gasteiger charge is -2.21. The number of hydrogen-bond acceptors (Lipinski definition) is 4. The van der Waals surface area contributed by atoms with Gasteiger partial charge in [-0.1, -0.05) is 18.0 Å². The third-order valence-corrected chi connectivity index (χ3v) is 6.57. The van der Waals surface area contributed by atoms with Crippen LogP contribution in [0.15, 0.2) is 36.4 Å². The Morgan fingerprint density at radius 2 is 1.91 bits per heavy atom. The molecule has 1 aliphatic heterocycles. The number of halogens is 1. The Kier molecular flexibility index (Phi) is 7.30. The molecule has 0 radical (unpaired) electrons. The van der Waals surface area contributed by atoms with Gasteiger partial charge in [0.2, 0.25) is 5.91 Å². The van der Waals surface area contributed by atoms with E-state index in [0.717, 1.165) is 67.6 Å². The number of amides is 2. The van der Waals surface area contributed by atoms with E-state index in [1.165, 1.54) is 0 Å². The highest BCUT2D eigenvalue weighted by molar-refractivity contribution is 6.31. The first-order valence-corrected chi connectivity index (χ1v) is 11.9. The van der Waals surface area contributed by atoms with E-state index in [2.05, 4.69) is 4.98 Å². The number of rotatable bonds is 9. The highest BCUT2D eigenvalue weighted by Crippen LogP contribution is 2.30. The number of primary amides is 1. The molecule has 3 aromatic rings. The van der Waals surface area contributed by atoms with Crippen molar-refractivity contribution in [2.45, 2.75) is 44.4 Å². The molecule has 33 heavy (non-hydrogen) atoms. The van der Waals surface area contributed by atoms with Crippen LogP contribution in [0.25, 0.3) is 11.0 Å². The molecular weight excluding hydrogens is 438 g/mol. The summed E-state index contributed by atoms with van der Waals surface area (Å²) >= 11 is 6.15. The van der Waals surface area contributed by atoms with Gasteiger partial charge < -0.3 is 21.4 Å². The van der Waals surface area contributed by atoms with Crippen LogP contribution in [0.3, 0.4) is 0 Å². The Balaban J connectivity index is 1.70. The van der Waals surface area contributed by atoms with Crippen LogP contribution in [0.1, 0.15) is 70.1 Å². The molecule has 2 amide bonds. The average molecular weight is 468 g/mol. The number of unbranched alkanes of at least 4 members (excludes halogenated alkanes) is 1. The quantitative estimate of drug-likeness (QED) is 0.412. The van der Waals surface area contributed by atoms with Gasteiger partial charge in [0, 0.05) is 35.2 Å². The van der Waals surface area contributed by atoms with Gasteiger partial charge in [0.25, 0.3) is 5.91 Å². The largest absolute Gasteiger partial charge is 0.366 e. The molecule has 1 atom stereocenters. The molecule has 2 aromatic carbocycles. The minimum atomic E-state index is -0.505. The summed E-state index contributed by atoms with van der Waals surface area (Å²) in [4.78, 5) is 35.3. The predicted octanol–water partition coefficient (Wildman–Crippen LogP) is 4.01. The molecule has 0 bridgehead atoms. The van der Waals surface area contributed by atoms with Crippen LogP contribution >= 0.6 is 11.6 Å². The number of imidazole rings is 1. The number of carbonyl (C=O) groups excluding carboxylic acids is 2. The molecule has 4 rings (SSSR count). The van der Waals surface area contributed by atoms with Crippen molar-refractivity contribution >= 4 is 34.4 Å². The Morgan fingerprint density at radius 3 is 2.64 bits per heavy atom. The van der Waals surface area contributed by atoms with Gasteiger partial charge in [-0.15, -0.1) is 0 Å². The van der Waals surface area contributed by atoms with Crippen LogP contribution in [-0.4, -0.2) is 46.3 Å². The molecule has 0 aliphatic carbocycles. The van der Waals surface area contributed by atoms with Crippen molar-refractivity contribution in [1.82, 2.24) is 14.9 Å². The van der Waals surface area contributed by atoms with Gasteiger partial charge in [-0.05, 0) is 80.6 Å². The Labute approximate surface area is 198 Å². The summed E-state index contributed by atoms with van der Waals surface area (Å²) in [5, 5.41) is 0.632. The van der Waals surface area contributed by atoms with Crippen molar-refractivity contribution in [1.29, 1.82) is 0 Å². The van der Waals surface area contributed by atoms with Crippen LogP contribution in [0.5, 0.6) is 0 Å². The van der Waals surface area contributed by atoms with Crippen molar-refractivity contribution in [3.05, 3.63) is 63.9 Å². The standard InChI is InChI=1S/C25H30ClN5O2/c26-19-7-9-21-22(15-19)30-24(29-21)17(5-1-2-10-27)14-18-13-16(23(28)32)6-8-20(18)25(33)31-11-3-4-12-31/h6-9,13,15,17H,1-5,10-12,14,27H2,(H2,28,32)(H,29,30)/t17-/m0/s1. The highest BCUT2D eigenvalue weighted by Gasteiger charge is 2.25. The number of likely N-dealkylation sites (tertiary alicyclic amines) is 1. The molecule has 1 fully saturated rings. The SMILES string of the molecule is NCCCC[C@@H](Cc1cc(C(N)=O)ccc1C(=O)N1CCCC1)c1nc2cc(Cl)ccc2[nH]1. The lowest BCUT2D eigenvalue weighted by atomic mass is 9.89. The second-order valence-corrected chi connectivity index (χ2v) is 9.14. The first kappa shape index (κ1) is 23.3. The van der Waals surface area contributed by atoms with E-state index >= 15 is 0 Å². The van der Waals surface area contributed by atoms with Crippen molar-refractivity contribution in [3.63, 3.8) is 0 Å². The second kappa shape index (κ2) is 10.4. The summed E-state index contributed by atoms with van der Waals surface area (Å²) in [6.07, 6.45) is 5.29. The fourth-order valence-corrected chi connectivity index (χ4v) is 4.71. The molecule has 0 saturated carbocycles. The van der Waals surface area contributed by atoms with Gasteiger partial charge in [-0.2, -0.15) is 0 Å². The van der Waals surface area contributed by atoms with Crippen LogP contribution < -0.4 is 11.5 Å². The highest BCUT2D eigenvalue weighted by atomic mass is 35.5. The fraction of sp³-hybridized carbons (Fsp3) is 0.400. The zero-order valence-corrected chi connectivity index (χ0v) is 19.4. The lowest BCUT2D eigenvalue weighted by molar-refractivity contribution is 0.0791. The molecular formula is C25H30ClN5O2. The van der Waals surface area contributed by atoms with Crippen LogP contribution in [0.2, 0.25) is 5.02 Å². The molecule has 174 valence electrons. The Hall–Kier alpha value is -2.90. The first-order valence-electron chi connectivity index (χ1n) is 11.5. The van der Waals surface area contributed by atoms with Crippen LogP contribution in [-0.2, 0) is 6.42 Å². The maximum absolute atomic E-state index is 13.3. The average Bonchev–Trinajstić information content (AvgIpc) is 3.48. The zero-order valence-electron chi connectivity index (χ0n) is 18.6. The van der Waals surface area contributed by atoms with Crippen molar-refractivity contribution in [2.75, 3.05) is 19.6 Å². The molecule has 2 heterocycles. The summed E-state index contributed by atoms with van der Waals surface area (Å²) in [6.45, 7) is 2.15. The van der Waals surface area contributed by atoms with Gasteiger partial charge in [0.1, 0.15) is 5.82 Å². The minimum absolute atomic E-state index is 0.00983. The topological polar surface area (TPSA) is 118 Å². The van der Waals surface area contributed by atoms with E-state index < -0.39 is 5.91 Å². The molecule has 1 aromatic heterocycles. The molecule has 1 saturated heterocycles. The summed E-state index contributed by atoms with van der Waals surface area (Å²) in [5.74, 6) is 0.370. The van der Waals surface area contributed by atoms with Crippen molar-refractivity contribution in [2.24, 2.45) is 11.5 Å². The number of fused-ring (bicyclic) bond motifs is 1. The number of aromatic nitrogens is 2. The second-order valence-electron chi connectivity index (χ2n) is 8.70. The summed E-state index contributed by atoms with van der Waals surface area (Å²) in [7, 11) is 0. The summed E-state index contributed by atoms with van der Waals surface area (Å²) < 4.78 is 0. The third-order valence-electron chi connectivity index (χ3n) is 6.34. The molecule has 1 aliphatic rings. The molecule has 0 unspecified atom stereocenters. The monoisotopic (exact) mass is 467 g/mol. The number of nitrogens with two attached hydrogens (primary N) is 2. The van der Waals surface area contributed by atoms with E-state index in [1.807, 2.05) is 23.1 Å². The van der Waals surface area contributed by atoms with Gasteiger partial charge in [0.05, 0.1) is 11.0 Å². The van der Waals surface area contributed by atoms with Crippen molar-refractivity contribution in [3.8, 4) is 0 Å². The summed E-state index contributed by atoms with van der Waals surface area (Å²) in [6, 6.07) is 10.7.